The Morgan fingerprint density at radius 1 is 1.20 bits per heavy atom. The molecule has 0 unspecified atom stereocenters. The van der Waals surface area contributed by atoms with Gasteiger partial charge < -0.3 is 20.1 Å². The Balaban J connectivity index is 0.00000225. The zero-order valence-electron chi connectivity index (χ0n) is 15.1. The lowest BCUT2D eigenvalue weighted by atomic mass is 9.99. The van der Waals surface area contributed by atoms with Crippen LogP contribution >= 0.6 is 12.4 Å². The van der Waals surface area contributed by atoms with E-state index in [0.717, 1.165) is 49.2 Å². The maximum absolute atomic E-state index is 12.9. The van der Waals surface area contributed by atoms with Crippen molar-refractivity contribution in [2.75, 3.05) is 14.2 Å². The van der Waals surface area contributed by atoms with E-state index < -0.39 is 0 Å². The average Bonchev–Trinajstić information content (AvgIpc) is 3.36. The van der Waals surface area contributed by atoms with E-state index in [4.69, 9.17) is 15.2 Å². The second kappa shape index (κ2) is 8.77. The third kappa shape index (κ3) is 4.79. The summed E-state index contributed by atoms with van der Waals surface area (Å²) in [5, 5.41) is 0. The van der Waals surface area contributed by atoms with Crippen LogP contribution in [-0.2, 0) is 11.3 Å². The van der Waals surface area contributed by atoms with E-state index in [2.05, 4.69) is 0 Å². The van der Waals surface area contributed by atoms with E-state index >= 15 is 0 Å². The Morgan fingerprint density at radius 3 is 2.52 bits per heavy atom. The molecule has 0 heterocycles. The normalized spacial score (nSPS) is 22.2. The van der Waals surface area contributed by atoms with Crippen LogP contribution in [-0.4, -0.2) is 37.1 Å². The molecule has 0 aromatic heterocycles. The van der Waals surface area contributed by atoms with Crippen LogP contribution in [0.4, 0.5) is 0 Å². The van der Waals surface area contributed by atoms with E-state index in [0.29, 0.717) is 24.9 Å². The standard InChI is InChI=1S/C19H28N2O3.ClH/c1-23-16-8-9-18(24-2)14(10-16)12-21(15-6-7-15)19(22)11-13-4-3-5-17(13)20;/h8-10,13,15,17H,3-7,11-12,20H2,1-2H3;1H/t13-,17+;/m0./s1. The number of nitrogens with zero attached hydrogens (tertiary/aromatic N) is 1. The largest absolute Gasteiger partial charge is 0.497 e. The Bertz CT molecular complexity index is 592. The van der Waals surface area contributed by atoms with E-state index in [1.165, 1.54) is 0 Å². The van der Waals surface area contributed by atoms with Crippen LogP contribution in [0.15, 0.2) is 18.2 Å². The number of hydrogen-bond acceptors (Lipinski definition) is 4. The zero-order valence-corrected chi connectivity index (χ0v) is 15.9. The lowest BCUT2D eigenvalue weighted by Crippen LogP contribution is -2.36. The zero-order chi connectivity index (χ0) is 17.1. The number of ether oxygens (including phenoxy) is 2. The fourth-order valence-electron chi connectivity index (χ4n) is 3.66. The van der Waals surface area contributed by atoms with Crippen LogP contribution in [0, 0.1) is 5.92 Å². The molecule has 1 aromatic carbocycles. The van der Waals surface area contributed by atoms with E-state index in [9.17, 15) is 4.79 Å². The lowest BCUT2D eigenvalue weighted by Gasteiger charge is -2.26. The number of benzene rings is 1. The number of carbonyl (C=O) groups is 1. The van der Waals surface area contributed by atoms with Crippen molar-refractivity contribution >= 4 is 18.3 Å². The van der Waals surface area contributed by atoms with Gasteiger partial charge in [0, 0.05) is 30.6 Å². The highest BCUT2D eigenvalue weighted by atomic mass is 35.5. The molecule has 2 aliphatic rings. The van der Waals surface area contributed by atoms with Crippen molar-refractivity contribution in [3.63, 3.8) is 0 Å². The summed E-state index contributed by atoms with van der Waals surface area (Å²) in [7, 11) is 3.31. The van der Waals surface area contributed by atoms with Crippen molar-refractivity contribution in [1.82, 2.24) is 4.90 Å². The number of carbonyl (C=O) groups excluding carboxylic acids is 1. The molecular formula is C19H29ClN2O3. The molecule has 3 rings (SSSR count). The Kier molecular flexibility index (Phi) is 6.96. The average molecular weight is 369 g/mol. The van der Waals surface area contributed by atoms with Gasteiger partial charge in [-0.2, -0.15) is 0 Å². The molecule has 2 atom stereocenters. The molecule has 1 amide bonds. The van der Waals surface area contributed by atoms with Crippen molar-refractivity contribution in [2.45, 2.75) is 57.2 Å². The van der Waals surface area contributed by atoms with Crippen molar-refractivity contribution < 1.29 is 14.3 Å². The van der Waals surface area contributed by atoms with E-state index in [1.807, 2.05) is 23.1 Å². The topological polar surface area (TPSA) is 64.8 Å². The van der Waals surface area contributed by atoms with Crippen LogP contribution in [0.5, 0.6) is 11.5 Å². The third-order valence-electron chi connectivity index (χ3n) is 5.29. The number of rotatable bonds is 7. The molecule has 25 heavy (non-hydrogen) atoms. The maximum atomic E-state index is 12.9. The van der Waals surface area contributed by atoms with Gasteiger partial charge in [-0.3, -0.25) is 4.79 Å². The van der Waals surface area contributed by atoms with Crippen molar-refractivity contribution in [1.29, 1.82) is 0 Å². The van der Waals surface area contributed by atoms with Crippen LogP contribution in [0.3, 0.4) is 0 Å². The predicted molar refractivity (Wildman–Crippen MR) is 100 cm³/mol. The molecule has 2 saturated carbocycles. The molecule has 2 fully saturated rings. The monoisotopic (exact) mass is 368 g/mol. The van der Waals surface area contributed by atoms with Crippen LogP contribution in [0.1, 0.15) is 44.1 Å². The van der Waals surface area contributed by atoms with Gasteiger partial charge >= 0.3 is 0 Å². The SMILES string of the molecule is COc1ccc(OC)c(CN(C(=O)C[C@@H]2CCC[C@H]2N)C2CC2)c1.Cl. The Labute approximate surface area is 156 Å². The molecule has 5 nitrogen and oxygen atoms in total. The van der Waals surface area contributed by atoms with Gasteiger partial charge in [-0.25, -0.2) is 0 Å². The minimum atomic E-state index is 0. The van der Waals surface area contributed by atoms with Crippen LogP contribution < -0.4 is 15.2 Å². The summed E-state index contributed by atoms with van der Waals surface area (Å²) in [6, 6.07) is 6.29. The van der Waals surface area contributed by atoms with Gasteiger partial charge in [0.1, 0.15) is 11.5 Å². The van der Waals surface area contributed by atoms with Gasteiger partial charge in [-0.05, 0) is 49.8 Å². The fraction of sp³-hybridized carbons (Fsp3) is 0.632. The second-order valence-corrected chi connectivity index (χ2v) is 6.99. The van der Waals surface area contributed by atoms with Crippen LogP contribution in [0.25, 0.3) is 0 Å². The van der Waals surface area contributed by atoms with Gasteiger partial charge in [0.05, 0.1) is 14.2 Å². The lowest BCUT2D eigenvalue weighted by molar-refractivity contribution is -0.133. The summed E-state index contributed by atoms with van der Waals surface area (Å²) >= 11 is 0. The third-order valence-corrected chi connectivity index (χ3v) is 5.29. The molecular weight excluding hydrogens is 340 g/mol. The highest BCUT2D eigenvalue weighted by Crippen LogP contribution is 2.34. The summed E-state index contributed by atoms with van der Waals surface area (Å²) in [5.41, 5.74) is 7.14. The van der Waals surface area contributed by atoms with Crippen molar-refractivity contribution in [3.8, 4) is 11.5 Å². The molecule has 0 saturated heterocycles. The molecule has 2 N–H and O–H groups in total. The van der Waals surface area contributed by atoms with Gasteiger partial charge in [0.15, 0.2) is 0 Å². The number of halogens is 1. The minimum Gasteiger partial charge on any atom is -0.497 e. The Morgan fingerprint density at radius 2 is 1.96 bits per heavy atom. The second-order valence-electron chi connectivity index (χ2n) is 6.99. The summed E-state index contributed by atoms with van der Waals surface area (Å²) in [6.07, 6.45) is 6.03. The smallest absolute Gasteiger partial charge is 0.223 e. The van der Waals surface area contributed by atoms with Crippen LogP contribution in [0.2, 0.25) is 0 Å². The molecule has 140 valence electrons. The molecule has 0 spiro atoms. The first-order chi connectivity index (χ1) is 11.6. The summed E-state index contributed by atoms with van der Waals surface area (Å²) in [4.78, 5) is 14.9. The molecule has 0 bridgehead atoms. The van der Waals surface area contributed by atoms with Crippen molar-refractivity contribution in [3.05, 3.63) is 23.8 Å². The molecule has 0 radical (unpaired) electrons. The molecule has 6 heteroatoms. The van der Waals surface area contributed by atoms with Gasteiger partial charge in [-0.15, -0.1) is 12.4 Å². The van der Waals surface area contributed by atoms with E-state index in [1.54, 1.807) is 14.2 Å². The number of hydrogen-bond donors (Lipinski definition) is 1. The highest BCUT2D eigenvalue weighted by Gasteiger charge is 2.35. The van der Waals surface area contributed by atoms with Gasteiger partial charge in [0.25, 0.3) is 0 Å². The van der Waals surface area contributed by atoms with Crippen molar-refractivity contribution in [2.24, 2.45) is 11.7 Å². The summed E-state index contributed by atoms with van der Waals surface area (Å²) in [6.45, 7) is 0.575. The first-order valence-electron chi connectivity index (χ1n) is 8.88. The minimum absolute atomic E-state index is 0. The molecule has 0 aliphatic heterocycles. The van der Waals surface area contributed by atoms with Gasteiger partial charge in [-0.1, -0.05) is 6.42 Å². The highest BCUT2D eigenvalue weighted by molar-refractivity contribution is 5.85. The molecule has 1 aromatic rings. The first kappa shape index (κ1) is 19.9. The Hall–Kier alpha value is -1.46. The fourth-order valence-corrected chi connectivity index (χ4v) is 3.66. The maximum Gasteiger partial charge on any atom is 0.223 e. The van der Waals surface area contributed by atoms with Gasteiger partial charge in [0.2, 0.25) is 5.91 Å². The number of nitrogens with two attached hydrogens (primary N) is 1. The predicted octanol–water partition coefficient (Wildman–Crippen LogP) is 3.13. The number of methoxy groups -OCH3 is 2. The number of amides is 1. The first-order valence-corrected chi connectivity index (χ1v) is 8.88. The summed E-state index contributed by atoms with van der Waals surface area (Å²) < 4.78 is 10.8. The van der Waals surface area contributed by atoms with E-state index in [-0.39, 0.29) is 24.4 Å². The summed E-state index contributed by atoms with van der Waals surface area (Å²) in [5.74, 6) is 2.15. The molecule has 2 aliphatic carbocycles. The quantitative estimate of drug-likeness (QED) is 0.803.